The maximum Gasteiger partial charge on any atom is 0.261 e. The van der Waals surface area contributed by atoms with E-state index in [-0.39, 0.29) is 12.5 Å². The Morgan fingerprint density at radius 2 is 1.94 bits per heavy atom. The number of carbonyl (C=O) groups is 1. The smallest absolute Gasteiger partial charge is 0.261 e. The van der Waals surface area contributed by atoms with Gasteiger partial charge in [0.1, 0.15) is 11.4 Å². The van der Waals surface area contributed by atoms with E-state index in [4.69, 9.17) is 14.2 Å². The van der Waals surface area contributed by atoms with E-state index in [0.717, 1.165) is 54.2 Å². The standard InChI is InChI=1S/C23H28N4O4S/c1-15-19-22(30-3)25-18(14-29-2)26-23(19)32-20(15)21(28)24-12-16-6-4-5-7-17(16)13-27-8-10-31-11-9-27/h4-7H,8-14H2,1-3H3,(H,24,28). The molecule has 0 atom stereocenters. The summed E-state index contributed by atoms with van der Waals surface area (Å²) < 4.78 is 16.1. The number of hydrogen-bond acceptors (Lipinski definition) is 8. The third kappa shape index (κ3) is 4.91. The van der Waals surface area contributed by atoms with Crippen molar-refractivity contribution in [2.24, 2.45) is 0 Å². The van der Waals surface area contributed by atoms with Crippen LogP contribution in [0.5, 0.6) is 5.88 Å². The van der Waals surface area contributed by atoms with E-state index in [1.165, 1.54) is 16.9 Å². The van der Waals surface area contributed by atoms with Gasteiger partial charge < -0.3 is 19.5 Å². The first kappa shape index (κ1) is 22.6. The number of nitrogens with one attached hydrogen (secondary N) is 1. The summed E-state index contributed by atoms with van der Waals surface area (Å²) in [5.74, 6) is 0.870. The molecule has 3 aromatic rings. The molecule has 0 radical (unpaired) electrons. The predicted molar refractivity (Wildman–Crippen MR) is 123 cm³/mol. The van der Waals surface area contributed by atoms with Crippen molar-refractivity contribution >= 4 is 27.5 Å². The van der Waals surface area contributed by atoms with Gasteiger partial charge in [0, 0.05) is 33.3 Å². The summed E-state index contributed by atoms with van der Waals surface area (Å²) in [4.78, 5) is 25.7. The molecule has 1 saturated heterocycles. The minimum atomic E-state index is -0.123. The van der Waals surface area contributed by atoms with E-state index in [2.05, 4.69) is 32.3 Å². The fourth-order valence-electron chi connectivity index (χ4n) is 3.84. The average Bonchev–Trinajstić information content (AvgIpc) is 3.15. The molecule has 3 heterocycles. The van der Waals surface area contributed by atoms with Gasteiger partial charge in [-0.1, -0.05) is 24.3 Å². The van der Waals surface area contributed by atoms with Gasteiger partial charge in [-0.15, -0.1) is 11.3 Å². The highest BCUT2D eigenvalue weighted by atomic mass is 32.1. The van der Waals surface area contributed by atoms with Crippen LogP contribution in [0.3, 0.4) is 0 Å². The number of benzene rings is 1. The van der Waals surface area contributed by atoms with Gasteiger partial charge in [0.25, 0.3) is 5.91 Å². The molecule has 1 fully saturated rings. The lowest BCUT2D eigenvalue weighted by molar-refractivity contribution is 0.0340. The second-order valence-corrected chi connectivity index (χ2v) is 8.66. The zero-order chi connectivity index (χ0) is 22.5. The Bertz CT molecular complexity index is 1100. The molecule has 0 spiro atoms. The molecule has 4 rings (SSSR count). The highest BCUT2D eigenvalue weighted by Gasteiger charge is 2.21. The molecule has 1 N–H and O–H groups in total. The molecule has 9 heteroatoms. The molecule has 32 heavy (non-hydrogen) atoms. The van der Waals surface area contributed by atoms with E-state index >= 15 is 0 Å². The van der Waals surface area contributed by atoms with Crippen LogP contribution in [0.2, 0.25) is 0 Å². The topological polar surface area (TPSA) is 85.8 Å². The zero-order valence-corrected chi connectivity index (χ0v) is 19.5. The molecule has 1 aromatic carbocycles. The number of morpholine rings is 1. The minimum Gasteiger partial charge on any atom is -0.480 e. The number of rotatable bonds is 8. The lowest BCUT2D eigenvalue weighted by Crippen LogP contribution is -2.36. The van der Waals surface area contributed by atoms with Crippen LogP contribution in [0.15, 0.2) is 24.3 Å². The van der Waals surface area contributed by atoms with Crippen LogP contribution in [0.4, 0.5) is 0 Å². The molecule has 2 aromatic heterocycles. The number of aromatic nitrogens is 2. The molecule has 1 aliphatic heterocycles. The summed E-state index contributed by atoms with van der Waals surface area (Å²) in [5.41, 5.74) is 3.16. The number of methoxy groups -OCH3 is 2. The second kappa shape index (κ2) is 10.4. The maximum atomic E-state index is 13.1. The number of amides is 1. The molecule has 0 aliphatic carbocycles. The average molecular weight is 457 g/mol. The predicted octanol–water partition coefficient (Wildman–Crippen LogP) is 2.92. The summed E-state index contributed by atoms with van der Waals surface area (Å²) in [6, 6.07) is 8.24. The summed E-state index contributed by atoms with van der Waals surface area (Å²) in [6.07, 6.45) is 0. The van der Waals surface area contributed by atoms with Crippen molar-refractivity contribution in [2.75, 3.05) is 40.5 Å². The van der Waals surface area contributed by atoms with Crippen LogP contribution in [-0.4, -0.2) is 61.3 Å². The molecule has 0 bridgehead atoms. The van der Waals surface area contributed by atoms with Crippen molar-refractivity contribution in [3.05, 3.63) is 51.7 Å². The number of ether oxygens (including phenoxy) is 3. The summed E-state index contributed by atoms with van der Waals surface area (Å²) in [6.45, 7) is 6.89. The van der Waals surface area contributed by atoms with Crippen LogP contribution in [0.25, 0.3) is 10.2 Å². The third-order valence-corrected chi connectivity index (χ3v) is 6.72. The summed E-state index contributed by atoms with van der Waals surface area (Å²) >= 11 is 1.35. The van der Waals surface area contributed by atoms with Crippen molar-refractivity contribution in [2.45, 2.75) is 26.6 Å². The first-order valence-electron chi connectivity index (χ1n) is 10.6. The van der Waals surface area contributed by atoms with Gasteiger partial charge in [-0.25, -0.2) is 4.98 Å². The fourth-order valence-corrected chi connectivity index (χ4v) is 4.95. The van der Waals surface area contributed by atoms with Crippen LogP contribution in [0, 0.1) is 6.92 Å². The van der Waals surface area contributed by atoms with E-state index in [1.807, 2.05) is 19.1 Å². The monoisotopic (exact) mass is 456 g/mol. The molecule has 8 nitrogen and oxygen atoms in total. The molecule has 0 saturated carbocycles. The van der Waals surface area contributed by atoms with E-state index in [9.17, 15) is 4.79 Å². The van der Waals surface area contributed by atoms with Gasteiger partial charge in [-0.3, -0.25) is 9.69 Å². The first-order chi connectivity index (χ1) is 15.6. The van der Waals surface area contributed by atoms with Crippen LogP contribution >= 0.6 is 11.3 Å². The first-order valence-corrected chi connectivity index (χ1v) is 11.4. The van der Waals surface area contributed by atoms with Crippen molar-refractivity contribution in [1.29, 1.82) is 0 Å². The SMILES string of the molecule is COCc1nc(OC)c2c(C)c(C(=O)NCc3ccccc3CN3CCOCC3)sc2n1. The molecule has 0 unspecified atom stereocenters. The van der Waals surface area contributed by atoms with Crippen LogP contribution in [-0.2, 0) is 29.2 Å². The Labute approximate surface area is 191 Å². The van der Waals surface area contributed by atoms with Gasteiger partial charge >= 0.3 is 0 Å². The van der Waals surface area contributed by atoms with Crippen LogP contribution < -0.4 is 10.1 Å². The zero-order valence-electron chi connectivity index (χ0n) is 18.6. The largest absolute Gasteiger partial charge is 0.480 e. The van der Waals surface area contributed by atoms with Gasteiger partial charge in [-0.2, -0.15) is 4.98 Å². The van der Waals surface area contributed by atoms with Crippen molar-refractivity contribution in [3.63, 3.8) is 0 Å². The Morgan fingerprint density at radius 1 is 1.19 bits per heavy atom. The lowest BCUT2D eigenvalue weighted by Gasteiger charge is -2.27. The van der Waals surface area contributed by atoms with Crippen molar-refractivity contribution in [1.82, 2.24) is 20.2 Å². The van der Waals surface area contributed by atoms with E-state index in [0.29, 0.717) is 23.1 Å². The number of fused-ring (bicyclic) bond motifs is 1. The molecule has 170 valence electrons. The number of aryl methyl sites for hydroxylation is 1. The van der Waals surface area contributed by atoms with Gasteiger partial charge in [0.2, 0.25) is 5.88 Å². The second-order valence-electron chi connectivity index (χ2n) is 7.66. The lowest BCUT2D eigenvalue weighted by atomic mass is 10.1. The van der Waals surface area contributed by atoms with Gasteiger partial charge in [0.15, 0.2) is 5.82 Å². The normalized spacial score (nSPS) is 14.6. The highest BCUT2D eigenvalue weighted by molar-refractivity contribution is 7.20. The quantitative estimate of drug-likeness (QED) is 0.558. The molecule has 1 aliphatic rings. The molecular weight excluding hydrogens is 428 g/mol. The number of hydrogen-bond donors (Lipinski definition) is 1. The van der Waals surface area contributed by atoms with Crippen molar-refractivity contribution < 1.29 is 19.0 Å². The Balaban J connectivity index is 1.52. The number of thiophene rings is 1. The molecule has 1 amide bonds. The van der Waals surface area contributed by atoms with Gasteiger partial charge in [-0.05, 0) is 23.6 Å². The number of carbonyl (C=O) groups excluding carboxylic acids is 1. The number of nitrogens with zero attached hydrogens (tertiary/aromatic N) is 3. The van der Waals surface area contributed by atoms with Crippen molar-refractivity contribution in [3.8, 4) is 5.88 Å². The van der Waals surface area contributed by atoms with Crippen LogP contribution in [0.1, 0.15) is 32.2 Å². The highest BCUT2D eigenvalue weighted by Crippen LogP contribution is 2.35. The van der Waals surface area contributed by atoms with E-state index < -0.39 is 0 Å². The van der Waals surface area contributed by atoms with Gasteiger partial charge in [0.05, 0.1) is 30.6 Å². The fraction of sp³-hybridized carbons (Fsp3) is 0.435. The Hall–Kier alpha value is -2.59. The Kier molecular flexibility index (Phi) is 7.31. The molecular formula is C23H28N4O4S. The Morgan fingerprint density at radius 3 is 2.66 bits per heavy atom. The third-order valence-electron chi connectivity index (χ3n) is 5.53. The summed E-state index contributed by atoms with van der Waals surface area (Å²) in [7, 11) is 3.16. The summed E-state index contributed by atoms with van der Waals surface area (Å²) in [5, 5.41) is 3.86. The minimum absolute atomic E-state index is 0.123. The maximum absolute atomic E-state index is 13.1. The van der Waals surface area contributed by atoms with E-state index in [1.54, 1.807) is 14.2 Å².